The summed E-state index contributed by atoms with van der Waals surface area (Å²) in [5.41, 5.74) is 3.10. The number of aryl methyl sites for hydroxylation is 1. The zero-order valence-corrected chi connectivity index (χ0v) is 13.5. The molecule has 2 aromatic rings. The Labute approximate surface area is 136 Å². The van der Waals surface area contributed by atoms with Crippen molar-refractivity contribution in [2.24, 2.45) is 0 Å². The van der Waals surface area contributed by atoms with Gasteiger partial charge in [-0.05, 0) is 62.1 Å². The maximum absolute atomic E-state index is 13.0. The smallest absolute Gasteiger partial charge is 0.123 e. The normalized spacial score (nSPS) is 19.9. The molecule has 1 saturated heterocycles. The zero-order chi connectivity index (χ0) is 16.2. The predicted octanol–water partition coefficient (Wildman–Crippen LogP) is 3.62. The lowest BCUT2D eigenvalue weighted by molar-refractivity contribution is 0.118. The molecule has 0 bridgehead atoms. The van der Waals surface area contributed by atoms with Gasteiger partial charge >= 0.3 is 0 Å². The molecular weight excluding hydrogens is 291 g/mol. The lowest BCUT2D eigenvalue weighted by atomic mass is 10.00. The van der Waals surface area contributed by atoms with E-state index in [1.165, 1.54) is 17.7 Å². The quantitative estimate of drug-likeness (QED) is 0.916. The van der Waals surface area contributed by atoms with E-state index < -0.39 is 6.10 Å². The fraction of sp³-hybridized carbons (Fsp3) is 0.421. The molecule has 3 rings (SSSR count). The number of pyridine rings is 1. The highest BCUT2D eigenvalue weighted by atomic mass is 19.1. The van der Waals surface area contributed by atoms with E-state index in [0.29, 0.717) is 12.5 Å². The summed E-state index contributed by atoms with van der Waals surface area (Å²) in [4.78, 5) is 6.78. The van der Waals surface area contributed by atoms with Crippen LogP contribution in [0, 0.1) is 12.7 Å². The summed E-state index contributed by atoms with van der Waals surface area (Å²) in [5, 5.41) is 10.4. The SMILES string of the molecule is Cc1ncccc1CN1CCCC1CC(O)c1ccc(F)cc1. The Morgan fingerprint density at radius 3 is 2.83 bits per heavy atom. The number of hydrogen-bond donors (Lipinski definition) is 1. The first-order chi connectivity index (χ1) is 11.1. The van der Waals surface area contributed by atoms with Crippen molar-refractivity contribution in [1.29, 1.82) is 0 Å². The zero-order valence-electron chi connectivity index (χ0n) is 13.5. The second-order valence-electron chi connectivity index (χ2n) is 6.32. The fourth-order valence-electron chi connectivity index (χ4n) is 3.35. The summed E-state index contributed by atoms with van der Waals surface area (Å²) in [7, 11) is 0. The molecule has 1 N–H and O–H groups in total. The van der Waals surface area contributed by atoms with Gasteiger partial charge in [-0.15, -0.1) is 0 Å². The molecule has 0 spiro atoms. The number of nitrogens with zero attached hydrogens (tertiary/aromatic N) is 2. The standard InChI is InChI=1S/C19H23FN2O/c1-14-16(4-2-10-21-14)13-22-11-3-5-18(22)12-19(23)15-6-8-17(20)9-7-15/h2,4,6-10,18-19,23H,3,5,11-13H2,1H3. The number of aromatic nitrogens is 1. The van der Waals surface area contributed by atoms with Crippen LogP contribution in [0.2, 0.25) is 0 Å². The fourth-order valence-corrected chi connectivity index (χ4v) is 3.35. The maximum Gasteiger partial charge on any atom is 0.123 e. The van der Waals surface area contributed by atoms with Gasteiger partial charge < -0.3 is 5.11 Å². The van der Waals surface area contributed by atoms with Gasteiger partial charge in [0.15, 0.2) is 0 Å². The van der Waals surface area contributed by atoms with Gasteiger partial charge in [-0.2, -0.15) is 0 Å². The first kappa shape index (κ1) is 16.1. The summed E-state index contributed by atoms with van der Waals surface area (Å²) in [6, 6.07) is 10.6. The topological polar surface area (TPSA) is 36.4 Å². The Morgan fingerprint density at radius 2 is 2.09 bits per heavy atom. The summed E-state index contributed by atoms with van der Waals surface area (Å²) in [5.74, 6) is -0.268. The van der Waals surface area contributed by atoms with Gasteiger partial charge in [0.1, 0.15) is 5.82 Å². The van der Waals surface area contributed by atoms with E-state index in [9.17, 15) is 9.50 Å². The molecule has 0 radical (unpaired) electrons. The molecule has 2 atom stereocenters. The minimum Gasteiger partial charge on any atom is -0.388 e. The van der Waals surface area contributed by atoms with Gasteiger partial charge in [0.25, 0.3) is 0 Å². The molecule has 1 aliphatic heterocycles. The van der Waals surface area contributed by atoms with Crippen molar-refractivity contribution in [2.45, 2.75) is 44.9 Å². The molecule has 2 unspecified atom stereocenters. The Morgan fingerprint density at radius 1 is 1.30 bits per heavy atom. The molecule has 0 saturated carbocycles. The highest BCUT2D eigenvalue weighted by Crippen LogP contribution is 2.29. The van der Waals surface area contributed by atoms with E-state index in [2.05, 4.69) is 16.0 Å². The van der Waals surface area contributed by atoms with E-state index in [1.807, 2.05) is 19.2 Å². The average Bonchev–Trinajstić information content (AvgIpc) is 2.97. The van der Waals surface area contributed by atoms with E-state index in [1.54, 1.807) is 12.1 Å². The van der Waals surface area contributed by atoms with Crippen LogP contribution in [0.25, 0.3) is 0 Å². The highest BCUT2D eigenvalue weighted by molar-refractivity contribution is 5.20. The molecule has 1 aromatic carbocycles. The Balaban J connectivity index is 1.65. The van der Waals surface area contributed by atoms with Crippen LogP contribution in [0.3, 0.4) is 0 Å². The van der Waals surface area contributed by atoms with Crippen LogP contribution in [0.4, 0.5) is 4.39 Å². The van der Waals surface area contributed by atoms with Crippen LogP contribution >= 0.6 is 0 Å². The van der Waals surface area contributed by atoms with Crippen molar-refractivity contribution in [3.05, 3.63) is 65.2 Å². The van der Waals surface area contributed by atoms with E-state index in [-0.39, 0.29) is 5.82 Å². The molecule has 2 heterocycles. The summed E-state index contributed by atoms with van der Waals surface area (Å²) < 4.78 is 13.0. The number of rotatable bonds is 5. The van der Waals surface area contributed by atoms with Crippen molar-refractivity contribution in [3.8, 4) is 0 Å². The van der Waals surface area contributed by atoms with E-state index in [0.717, 1.165) is 37.2 Å². The highest BCUT2D eigenvalue weighted by Gasteiger charge is 2.27. The van der Waals surface area contributed by atoms with Crippen LogP contribution in [0.15, 0.2) is 42.6 Å². The summed E-state index contributed by atoms with van der Waals surface area (Å²) in [6.45, 7) is 3.96. The molecule has 1 aliphatic rings. The monoisotopic (exact) mass is 314 g/mol. The van der Waals surface area contributed by atoms with E-state index >= 15 is 0 Å². The number of aliphatic hydroxyl groups is 1. The predicted molar refractivity (Wildman–Crippen MR) is 88.4 cm³/mol. The first-order valence-corrected chi connectivity index (χ1v) is 8.21. The number of hydrogen-bond acceptors (Lipinski definition) is 3. The van der Waals surface area contributed by atoms with Crippen LogP contribution in [0.5, 0.6) is 0 Å². The second-order valence-corrected chi connectivity index (χ2v) is 6.32. The number of aliphatic hydroxyl groups excluding tert-OH is 1. The molecule has 4 heteroatoms. The molecule has 0 aliphatic carbocycles. The number of benzene rings is 1. The summed E-state index contributed by atoms with van der Waals surface area (Å²) in [6.07, 6.45) is 4.21. The second kappa shape index (κ2) is 7.20. The molecule has 3 nitrogen and oxygen atoms in total. The van der Waals surface area contributed by atoms with Gasteiger partial charge in [-0.3, -0.25) is 9.88 Å². The van der Waals surface area contributed by atoms with Crippen LogP contribution in [-0.2, 0) is 6.54 Å². The molecular formula is C19H23FN2O. The minimum atomic E-state index is -0.545. The number of halogens is 1. The Hall–Kier alpha value is -1.78. The van der Waals surface area contributed by atoms with E-state index in [4.69, 9.17) is 0 Å². The van der Waals surface area contributed by atoms with Crippen molar-refractivity contribution >= 4 is 0 Å². The van der Waals surface area contributed by atoms with Crippen molar-refractivity contribution < 1.29 is 9.50 Å². The molecule has 0 amide bonds. The van der Waals surface area contributed by atoms with Crippen molar-refractivity contribution in [1.82, 2.24) is 9.88 Å². The van der Waals surface area contributed by atoms with Gasteiger partial charge in [-0.25, -0.2) is 4.39 Å². The number of likely N-dealkylation sites (tertiary alicyclic amines) is 1. The third-order valence-electron chi connectivity index (χ3n) is 4.74. The first-order valence-electron chi connectivity index (χ1n) is 8.21. The average molecular weight is 314 g/mol. The van der Waals surface area contributed by atoms with Gasteiger partial charge in [0, 0.05) is 24.5 Å². The van der Waals surface area contributed by atoms with Crippen LogP contribution < -0.4 is 0 Å². The van der Waals surface area contributed by atoms with Crippen LogP contribution in [-0.4, -0.2) is 27.6 Å². The molecule has 23 heavy (non-hydrogen) atoms. The third kappa shape index (κ3) is 3.95. The maximum atomic E-state index is 13.0. The lowest BCUT2D eigenvalue weighted by Crippen LogP contribution is -2.30. The molecule has 1 aromatic heterocycles. The lowest BCUT2D eigenvalue weighted by Gasteiger charge is -2.27. The summed E-state index contributed by atoms with van der Waals surface area (Å²) >= 11 is 0. The Kier molecular flexibility index (Phi) is 5.03. The largest absolute Gasteiger partial charge is 0.388 e. The van der Waals surface area contributed by atoms with Gasteiger partial charge in [-0.1, -0.05) is 18.2 Å². The third-order valence-corrected chi connectivity index (χ3v) is 4.74. The molecule has 122 valence electrons. The van der Waals surface area contributed by atoms with Crippen molar-refractivity contribution in [3.63, 3.8) is 0 Å². The van der Waals surface area contributed by atoms with Gasteiger partial charge in [0.05, 0.1) is 6.10 Å². The minimum absolute atomic E-state index is 0.268. The molecule has 1 fully saturated rings. The van der Waals surface area contributed by atoms with Crippen LogP contribution in [0.1, 0.15) is 42.2 Å². The van der Waals surface area contributed by atoms with Gasteiger partial charge in [0.2, 0.25) is 0 Å². The van der Waals surface area contributed by atoms with Crippen molar-refractivity contribution in [2.75, 3.05) is 6.54 Å². The Bertz CT molecular complexity index is 644.